The van der Waals surface area contributed by atoms with Crippen molar-refractivity contribution in [3.63, 3.8) is 0 Å². The second-order valence-corrected chi connectivity index (χ2v) is 16.8. The summed E-state index contributed by atoms with van der Waals surface area (Å²) in [6, 6.07) is 16.8. The van der Waals surface area contributed by atoms with E-state index in [9.17, 15) is 24.6 Å². The van der Waals surface area contributed by atoms with E-state index in [-0.39, 0.29) is 12.0 Å². The molecule has 12 nitrogen and oxygen atoms in total. The number of likely N-dealkylation sites (tertiary alicyclic amines) is 2. The maximum absolute atomic E-state index is 13.5. The van der Waals surface area contributed by atoms with Gasteiger partial charge in [0, 0.05) is 43.5 Å². The fourth-order valence-corrected chi connectivity index (χ4v) is 9.02. The molecule has 3 aliphatic rings. The number of carboxylic acids is 2. The van der Waals surface area contributed by atoms with Crippen LogP contribution in [0.3, 0.4) is 0 Å². The van der Waals surface area contributed by atoms with Gasteiger partial charge < -0.3 is 25.0 Å². The highest BCUT2D eigenvalue weighted by molar-refractivity contribution is 6.37. The highest BCUT2D eigenvalue weighted by Crippen LogP contribution is 2.44. The number of nitrogens with one attached hydrogen (secondary N) is 1. The Hall–Kier alpha value is -4.75. The van der Waals surface area contributed by atoms with E-state index >= 15 is 0 Å². The Bertz CT molecular complexity index is 2190. The standard InChI is InChI=1S/C43H47Cl2N5O7/c1-42(40(52)53)16-6-18-49(24-42)22-26-12-15-35(46-21-26)47-37(51)32-11-5-10-31(36(32)45)28-8-4-9-30-29(28)13-14-34(30)57-39-33(44)20-27(38(48-39)56-3)23-50-19-7-17-43(2,25-50)41(54)55/h4-5,8-12,15,20-21,34H,6-7,13-14,16-19,22-25H2,1-3H3,(H,52,53)(H,54,55)(H,46,47,51)/t34-,42?,43?/m0/s1. The number of fused-ring (bicyclic) bond motifs is 1. The predicted octanol–water partition coefficient (Wildman–Crippen LogP) is 8.15. The number of carbonyl (C=O) groups excluding carboxylic acids is 1. The number of amides is 1. The number of halogens is 2. The Labute approximate surface area is 342 Å². The zero-order chi connectivity index (χ0) is 40.5. The van der Waals surface area contributed by atoms with E-state index in [2.05, 4.69) is 25.1 Å². The van der Waals surface area contributed by atoms with Crippen molar-refractivity contribution in [1.29, 1.82) is 0 Å². The molecule has 0 bridgehead atoms. The number of anilines is 1. The zero-order valence-corrected chi connectivity index (χ0v) is 33.8. The summed E-state index contributed by atoms with van der Waals surface area (Å²) >= 11 is 13.8. The lowest BCUT2D eigenvalue weighted by Gasteiger charge is -2.37. The van der Waals surface area contributed by atoms with Crippen LogP contribution in [0, 0.1) is 10.8 Å². The van der Waals surface area contributed by atoms with Gasteiger partial charge >= 0.3 is 11.9 Å². The van der Waals surface area contributed by atoms with Gasteiger partial charge in [-0.25, -0.2) is 4.98 Å². The van der Waals surface area contributed by atoms with Gasteiger partial charge in [-0.05, 0) is 106 Å². The summed E-state index contributed by atoms with van der Waals surface area (Å²) in [7, 11) is 1.54. The Morgan fingerprint density at radius 3 is 2.21 bits per heavy atom. The summed E-state index contributed by atoms with van der Waals surface area (Å²) in [6.45, 7) is 7.08. The van der Waals surface area contributed by atoms with Crippen molar-refractivity contribution in [2.45, 2.75) is 71.6 Å². The normalized spacial score (nSPS) is 22.4. The molecular weight excluding hydrogens is 769 g/mol. The first kappa shape index (κ1) is 40.4. The van der Waals surface area contributed by atoms with Crippen molar-refractivity contribution in [2.75, 3.05) is 38.6 Å². The van der Waals surface area contributed by atoms with E-state index in [1.807, 2.05) is 36.4 Å². The van der Waals surface area contributed by atoms with Crippen LogP contribution in [-0.2, 0) is 29.1 Å². The number of carboxylic acid groups (broad SMARTS) is 2. The molecule has 2 saturated heterocycles. The molecule has 4 aromatic rings. The molecule has 57 heavy (non-hydrogen) atoms. The number of pyridine rings is 2. The molecule has 1 aliphatic carbocycles. The number of hydrogen-bond acceptors (Lipinski definition) is 9. The molecule has 2 fully saturated rings. The number of methoxy groups -OCH3 is 1. The van der Waals surface area contributed by atoms with Crippen LogP contribution >= 0.6 is 23.2 Å². The number of benzene rings is 2. The molecule has 2 aromatic heterocycles. The molecule has 14 heteroatoms. The SMILES string of the molecule is COc1nc(O[C@H]2CCc3c(-c4cccc(C(=O)Nc5ccc(CN6CCCC(C)(C(=O)O)C6)cn5)c4Cl)cccc32)c(Cl)cc1CN1CCCC(C)(C(=O)O)C1. The van der Waals surface area contributed by atoms with Gasteiger partial charge in [-0.3, -0.25) is 24.2 Å². The Kier molecular flexibility index (Phi) is 11.8. The number of aromatic nitrogens is 2. The van der Waals surface area contributed by atoms with Crippen molar-refractivity contribution >= 4 is 46.9 Å². The highest BCUT2D eigenvalue weighted by Gasteiger charge is 2.39. The molecule has 2 aliphatic heterocycles. The van der Waals surface area contributed by atoms with Gasteiger partial charge in [0.05, 0.1) is 28.5 Å². The van der Waals surface area contributed by atoms with Crippen molar-refractivity contribution in [3.8, 4) is 22.9 Å². The molecule has 300 valence electrons. The van der Waals surface area contributed by atoms with Crippen LogP contribution in [0.4, 0.5) is 5.82 Å². The molecule has 3 atom stereocenters. The van der Waals surface area contributed by atoms with E-state index in [4.69, 9.17) is 32.7 Å². The maximum Gasteiger partial charge on any atom is 0.310 e. The number of piperidine rings is 2. The second kappa shape index (κ2) is 16.6. The number of nitrogens with zero attached hydrogens (tertiary/aromatic N) is 4. The van der Waals surface area contributed by atoms with Gasteiger partial charge in [-0.2, -0.15) is 4.98 Å². The molecular formula is C43H47Cl2N5O7. The fourth-order valence-electron chi connectivity index (χ4n) is 8.49. The van der Waals surface area contributed by atoms with Crippen molar-refractivity contribution in [2.24, 2.45) is 10.8 Å². The summed E-state index contributed by atoms with van der Waals surface area (Å²) < 4.78 is 12.1. The highest BCUT2D eigenvalue weighted by atomic mass is 35.5. The first-order valence-corrected chi connectivity index (χ1v) is 20.0. The van der Waals surface area contributed by atoms with Crippen molar-refractivity contribution < 1.29 is 34.1 Å². The average Bonchev–Trinajstić information content (AvgIpc) is 3.59. The molecule has 0 saturated carbocycles. The summed E-state index contributed by atoms with van der Waals surface area (Å²) in [5.41, 5.74) is 4.07. The lowest BCUT2D eigenvalue weighted by atomic mass is 9.82. The Morgan fingerprint density at radius 1 is 0.895 bits per heavy atom. The van der Waals surface area contributed by atoms with E-state index in [1.165, 1.54) is 0 Å². The van der Waals surface area contributed by atoms with Crippen LogP contribution in [0.15, 0.2) is 60.8 Å². The van der Waals surface area contributed by atoms with Crippen LogP contribution in [-0.4, -0.2) is 81.1 Å². The predicted molar refractivity (Wildman–Crippen MR) is 217 cm³/mol. The number of ether oxygens (including phenoxy) is 2. The molecule has 2 unspecified atom stereocenters. The summed E-state index contributed by atoms with van der Waals surface area (Å²) in [5, 5.41) is 23.0. The Balaban J connectivity index is 1.03. The summed E-state index contributed by atoms with van der Waals surface area (Å²) in [6.07, 6.45) is 5.63. The van der Waals surface area contributed by atoms with Crippen LogP contribution < -0.4 is 14.8 Å². The number of hydrogen-bond donors (Lipinski definition) is 3. The smallest absolute Gasteiger partial charge is 0.310 e. The summed E-state index contributed by atoms with van der Waals surface area (Å²) in [4.78, 5) is 50.6. The molecule has 0 radical (unpaired) electrons. The lowest BCUT2D eigenvalue weighted by Crippen LogP contribution is -2.45. The van der Waals surface area contributed by atoms with Gasteiger partial charge in [-0.1, -0.05) is 59.6 Å². The van der Waals surface area contributed by atoms with Crippen LogP contribution in [0.25, 0.3) is 11.1 Å². The molecule has 7 rings (SSSR count). The average molecular weight is 817 g/mol. The van der Waals surface area contributed by atoms with Crippen molar-refractivity contribution in [3.05, 3.63) is 98.7 Å². The number of aliphatic carboxylic acids is 2. The maximum atomic E-state index is 13.5. The fraction of sp³-hybridized carbons (Fsp3) is 0.419. The minimum Gasteiger partial charge on any atom is -0.481 e. The first-order chi connectivity index (χ1) is 27.3. The van der Waals surface area contributed by atoms with Crippen molar-refractivity contribution in [1.82, 2.24) is 19.8 Å². The molecule has 3 N–H and O–H groups in total. The van der Waals surface area contributed by atoms with E-state index in [1.54, 1.807) is 45.4 Å². The van der Waals surface area contributed by atoms with Gasteiger partial charge in [0.15, 0.2) is 0 Å². The Morgan fingerprint density at radius 2 is 1.56 bits per heavy atom. The number of carbonyl (C=O) groups is 3. The van der Waals surface area contributed by atoms with E-state index < -0.39 is 28.7 Å². The molecule has 0 spiro atoms. The second-order valence-electron chi connectivity index (χ2n) is 16.0. The van der Waals surface area contributed by atoms with Gasteiger partial charge in [-0.15, -0.1) is 0 Å². The first-order valence-electron chi connectivity index (χ1n) is 19.3. The largest absolute Gasteiger partial charge is 0.481 e. The van der Waals surface area contributed by atoms with Gasteiger partial charge in [0.25, 0.3) is 5.91 Å². The number of rotatable bonds is 12. The van der Waals surface area contributed by atoms with Crippen LogP contribution in [0.5, 0.6) is 11.8 Å². The van der Waals surface area contributed by atoms with Crippen LogP contribution in [0.1, 0.15) is 84.7 Å². The molecule has 2 aromatic carbocycles. The van der Waals surface area contributed by atoms with E-state index in [0.717, 1.165) is 59.3 Å². The minimum atomic E-state index is -0.811. The third kappa shape index (κ3) is 8.60. The molecule has 1 amide bonds. The lowest BCUT2D eigenvalue weighted by molar-refractivity contribution is -0.152. The van der Waals surface area contributed by atoms with Gasteiger partial charge in [0.2, 0.25) is 11.8 Å². The van der Waals surface area contributed by atoms with Gasteiger partial charge in [0.1, 0.15) is 16.9 Å². The summed E-state index contributed by atoms with van der Waals surface area (Å²) in [5.74, 6) is -0.958. The minimum absolute atomic E-state index is 0.251. The topological polar surface area (TPSA) is 154 Å². The molecule has 4 heterocycles. The van der Waals surface area contributed by atoms with Crippen LogP contribution in [0.2, 0.25) is 10.0 Å². The third-order valence-electron chi connectivity index (χ3n) is 11.6. The quantitative estimate of drug-likeness (QED) is 0.127. The van der Waals surface area contributed by atoms with E-state index in [0.29, 0.717) is 79.2 Å². The zero-order valence-electron chi connectivity index (χ0n) is 32.3. The monoisotopic (exact) mass is 815 g/mol. The third-order valence-corrected chi connectivity index (χ3v) is 12.3.